The minimum atomic E-state index is 0.522. The molecule has 0 aromatic heterocycles. The number of hydrogen-bond donors (Lipinski definition) is 0. The molecule has 0 radical (unpaired) electrons. The Morgan fingerprint density at radius 2 is 1.36 bits per heavy atom. The minimum Gasteiger partial charge on any atom is -0.103 e. The lowest BCUT2D eigenvalue weighted by Crippen LogP contribution is -2.65. The van der Waals surface area contributed by atoms with E-state index in [1.165, 1.54) is 70.6 Å². The van der Waals surface area contributed by atoms with Crippen LogP contribution in [0.1, 0.15) is 125 Å². The van der Waals surface area contributed by atoms with E-state index in [0.29, 0.717) is 27.1 Å². The van der Waals surface area contributed by atoms with Gasteiger partial charge in [0.2, 0.25) is 0 Å². The Hall–Kier alpha value is -0.520. The maximum Gasteiger partial charge on any atom is -0.0172 e. The molecule has 9 atom stereocenters. The van der Waals surface area contributed by atoms with Crippen LogP contribution in [0.3, 0.4) is 0 Å². The first-order valence-electron chi connectivity index (χ1n) is 14.7. The van der Waals surface area contributed by atoms with Crippen molar-refractivity contribution in [3.8, 4) is 0 Å². The molecule has 0 spiro atoms. The van der Waals surface area contributed by atoms with E-state index in [2.05, 4.69) is 60.8 Å². The third kappa shape index (κ3) is 3.13. The van der Waals surface area contributed by atoms with Gasteiger partial charge in [-0.3, -0.25) is 0 Å². The van der Waals surface area contributed by atoms with Crippen molar-refractivity contribution in [2.24, 2.45) is 56.7 Å². The molecule has 186 valence electrons. The largest absolute Gasteiger partial charge is 0.103 e. The van der Waals surface area contributed by atoms with Crippen LogP contribution in [0.25, 0.3) is 0 Å². The molecule has 5 aliphatic carbocycles. The Bertz CT molecular complexity index is 803. The summed E-state index contributed by atoms with van der Waals surface area (Å²) in [6, 6.07) is 0. The first-order valence-corrected chi connectivity index (χ1v) is 14.7. The van der Waals surface area contributed by atoms with Crippen molar-refractivity contribution in [2.45, 2.75) is 125 Å². The molecule has 0 aromatic rings. The Morgan fingerprint density at radius 3 is 2.03 bits per heavy atom. The van der Waals surface area contributed by atoms with E-state index >= 15 is 0 Å². The molecule has 5 fully saturated rings. The molecule has 0 bridgehead atoms. The third-order valence-corrected chi connectivity index (χ3v) is 13.9. The molecule has 0 amide bonds. The van der Waals surface area contributed by atoms with E-state index in [-0.39, 0.29) is 0 Å². The van der Waals surface area contributed by atoms with Gasteiger partial charge in [0.1, 0.15) is 0 Å². The van der Waals surface area contributed by atoms with Gasteiger partial charge in [0.15, 0.2) is 0 Å². The summed E-state index contributed by atoms with van der Waals surface area (Å²) in [6.45, 7) is 24.9. The first-order chi connectivity index (χ1) is 15.4. The average molecular weight is 451 g/mol. The summed E-state index contributed by atoms with van der Waals surface area (Å²) in [4.78, 5) is 0. The summed E-state index contributed by atoms with van der Waals surface area (Å²) in [5.74, 6) is 4.45. The van der Waals surface area contributed by atoms with Crippen LogP contribution < -0.4 is 0 Å². The van der Waals surface area contributed by atoms with Gasteiger partial charge in [0.05, 0.1) is 0 Å². The molecular weight excluding hydrogens is 396 g/mol. The number of hydrogen-bond acceptors (Lipinski definition) is 0. The van der Waals surface area contributed by atoms with Gasteiger partial charge in [-0.15, -0.1) is 6.58 Å². The molecular formula is C33H54. The van der Waals surface area contributed by atoms with Gasteiger partial charge in [0, 0.05) is 0 Å². The van der Waals surface area contributed by atoms with E-state index in [1.807, 2.05) is 0 Å². The molecule has 0 saturated heterocycles. The molecule has 0 aliphatic heterocycles. The first kappa shape index (κ1) is 24.2. The van der Waals surface area contributed by atoms with Crippen molar-refractivity contribution in [3.63, 3.8) is 0 Å². The van der Waals surface area contributed by atoms with Crippen molar-refractivity contribution >= 4 is 0 Å². The van der Waals surface area contributed by atoms with Crippen LogP contribution in [-0.2, 0) is 0 Å². The summed E-state index contributed by atoms with van der Waals surface area (Å²) in [7, 11) is 0. The molecule has 0 aromatic carbocycles. The van der Waals surface area contributed by atoms with Gasteiger partial charge in [0.25, 0.3) is 0 Å². The Kier molecular flexibility index (Phi) is 5.67. The summed E-state index contributed by atoms with van der Waals surface area (Å²) in [5, 5.41) is 0. The summed E-state index contributed by atoms with van der Waals surface area (Å²) < 4.78 is 0. The van der Waals surface area contributed by atoms with E-state index in [0.717, 1.165) is 42.4 Å². The van der Waals surface area contributed by atoms with Gasteiger partial charge < -0.3 is 0 Å². The third-order valence-electron chi connectivity index (χ3n) is 13.9. The zero-order chi connectivity index (χ0) is 23.9. The topological polar surface area (TPSA) is 0 Å². The summed E-state index contributed by atoms with van der Waals surface area (Å²) >= 11 is 0. The lowest BCUT2D eigenvalue weighted by Gasteiger charge is -2.73. The molecule has 0 heteroatoms. The van der Waals surface area contributed by atoms with Crippen LogP contribution in [-0.4, -0.2) is 0 Å². The van der Waals surface area contributed by atoms with Gasteiger partial charge >= 0.3 is 0 Å². The average Bonchev–Trinajstić information content (AvgIpc) is 3.09. The van der Waals surface area contributed by atoms with Crippen LogP contribution in [0.2, 0.25) is 0 Å². The van der Waals surface area contributed by atoms with Crippen molar-refractivity contribution in [2.75, 3.05) is 0 Å². The molecule has 0 nitrogen and oxygen atoms in total. The normalized spacial score (nSPS) is 52.7. The fraction of sp³-hybridized carbons (Fsp3) is 0.879. The van der Waals surface area contributed by atoms with Gasteiger partial charge in [-0.2, -0.15) is 0 Å². The predicted molar refractivity (Wildman–Crippen MR) is 143 cm³/mol. The molecule has 0 unspecified atom stereocenters. The summed E-state index contributed by atoms with van der Waals surface area (Å²) in [6.07, 6.45) is 20.5. The highest BCUT2D eigenvalue weighted by atomic mass is 14.7. The van der Waals surface area contributed by atoms with Crippen molar-refractivity contribution in [3.05, 3.63) is 24.8 Å². The molecule has 5 aliphatic rings. The maximum atomic E-state index is 4.62. The highest BCUT2D eigenvalue weighted by molar-refractivity contribution is 5.21. The maximum absolute atomic E-state index is 4.62. The smallest absolute Gasteiger partial charge is 0.0172 e. The van der Waals surface area contributed by atoms with Crippen LogP contribution >= 0.6 is 0 Å². The lowest BCUT2D eigenvalue weighted by molar-refractivity contribution is -0.240. The van der Waals surface area contributed by atoms with Gasteiger partial charge in [-0.1, -0.05) is 66.2 Å². The fourth-order valence-corrected chi connectivity index (χ4v) is 12.2. The minimum absolute atomic E-state index is 0.522. The van der Waals surface area contributed by atoms with E-state index in [4.69, 9.17) is 0 Å². The number of fused-ring (bicyclic) bond motifs is 7. The Balaban J connectivity index is 1.46. The SMILES string of the molecule is C=CCCC(=C)[C@@H]1CC[C@]2(C)[C@H]3CC[C@@H]4[C@@]5(C)CCCC(C)(C)[C@@H]5CC[C@@]4(C)[C@]3(C)CC[C@@H]12. The second kappa shape index (κ2) is 7.74. The van der Waals surface area contributed by atoms with Crippen molar-refractivity contribution in [1.82, 2.24) is 0 Å². The monoisotopic (exact) mass is 450 g/mol. The Morgan fingerprint density at radius 1 is 0.727 bits per heavy atom. The molecule has 5 saturated carbocycles. The molecule has 0 N–H and O–H groups in total. The second-order valence-corrected chi connectivity index (χ2v) is 15.2. The summed E-state index contributed by atoms with van der Waals surface area (Å²) in [5.41, 5.74) is 4.24. The van der Waals surface area contributed by atoms with Crippen LogP contribution in [0.5, 0.6) is 0 Å². The Labute approximate surface area is 206 Å². The van der Waals surface area contributed by atoms with Crippen LogP contribution in [0.4, 0.5) is 0 Å². The van der Waals surface area contributed by atoms with E-state index in [9.17, 15) is 0 Å². The number of rotatable bonds is 4. The predicted octanol–water partition coefficient (Wildman–Crippen LogP) is 10.0. The quantitative estimate of drug-likeness (QED) is 0.374. The highest BCUT2D eigenvalue weighted by Crippen LogP contribution is 2.78. The van der Waals surface area contributed by atoms with Gasteiger partial charge in [-0.25, -0.2) is 0 Å². The van der Waals surface area contributed by atoms with E-state index < -0.39 is 0 Å². The van der Waals surface area contributed by atoms with E-state index in [1.54, 1.807) is 5.57 Å². The standard InChI is InChI=1S/C33H54/c1-9-10-12-23(2)24-15-20-30(5)25(24)16-21-32(7)27(30)13-14-28-31(6)19-11-18-29(3,4)26(31)17-22-33(28,32)8/h9,24-28H,1-2,10-22H2,3-8H3/t24-,25-,26-,27+,28+,30-,31-,32+,33+/m0/s1. The second-order valence-electron chi connectivity index (χ2n) is 15.2. The van der Waals surface area contributed by atoms with Crippen LogP contribution in [0, 0.1) is 56.7 Å². The fourth-order valence-electron chi connectivity index (χ4n) is 12.2. The van der Waals surface area contributed by atoms with Gasteiger partial charge in [-0.05, 0) is 134 Å². The van der Waals surface area contributed by atoms with Crippen molar-refractivity contribution < 1.29 is 0 Å². The molecule has 0 heterocycles. The van der Waals surface area contributed by atoms with Crippen molar-refractivity contribution in [1.29, 1.82) is 0 Å². The molecule has 5 rings (SSSR count). The highest BCUT2D eigenvalue weighted by Gasteiger charge is 2.70. The van der Waals surface area contributed by atoms with Crippen LogP contribution in [0.15, 0.2) is 24.8 Å². The zero-order valence-electron chi connectivity index (χ0n) is 23.1. The zero-order valence-corrected chi connectivity index (χ0v) is 23.1. The lowest BCUT2D eigenvalue weighted by atomic mass is 9.32. The molecule has 33 heavy (non-hydrogen) atoms. The number of allylic oxidation sites excluding steroid dienone is 2.